The number of benzene rings is 2. The van der Waals surface area contributed by atoms with Gasteiger partial charge >= 0.3 is 0 Å². The van der Waals surface area contributed by atoms with Gasteiger partial charge in [-0.05, 0) is 36.9 Å². The van der Waals surface area contributed by atoms with Gasteiger partial charge in [-0.3, -0.25) is 25.0 Å². The summed E-state index contributed by atoms with van der Waals surface area (Å²) < 4.78 is 1.77. The molecule has 154 valence electrons. The summed E-state index contributed by atoms with van der Waals surface area (Å²) in [7, 11) is 0. The van der Waals surface area contributed by atoms with E-state index in [2.05, 4.69) is 15.5 Å². The molecule has 0 aliphatic carbocycles. The molecule has 0 atom stereocenters. The highest BCUT2D eigenvalue weighted by Gasteiger charge is 2.23. The topological polar surface area (TPSA) is 146 Å². The van der Waals surface area contributed by atoms with Crippen LogP contribution in [0.15, 0.2) is 52.5 Å². The molecule has 30 heavy (non-hydrogen) atoms. The summed E-state index contributed by atoms with van der Waals surface area (Å²) in [5.41, 5.74) is 0.569. The van der Waals surface area contributed by atoms with Gasteiger partial charge in [0.05, 0.1) is 20.8 Å². The monoisotopic (exact) mass is 428 g/mol. The standard InChI is InChI=1S/C18H16N6O5S/c1-3-22-17(12-5-4-6-13(9-12)19-11(2)25)20-21-18(22)30-16-8-7-14(23(26)27)10-15(16)24(28)29/h4-10H,3H2,1-2H3,(H,19,25). The van der Waals surface area contributed by atoms with E-state index in [1.807, 2.05) is 13.0 Å². The van der Waals surface area contributed by atoms with Crippen LogP contribution in [-0.4, -0.2) is 30.5 Å². The molecule has 1 heterocycles. The number of rotatable bonds is 7. The molecular weight excluding hydrogens is 412 g/mol. The number of anilines is 1. The highest BCUT2D eigenvalue weighted by Crippen LogP contribution is 2.37. The van der Waals surface area contributed by atoms with Gasteiger partial charge in [-0.25, -0.2) is 0 Å². The first-order valence-corrected chi connectivity index (χ1v) is 9.53. The molecule has 1 amide bonds. The first-order valence-electron chi connectivity index (χ1n) is 8.72. The van der Waals surface area contributed by atoms with Crippen LogP contribution < -0.4 is 5.32 Å². The summed E-state index contributed by atoms with van der Waals surface area (Å²) in [6, 6.07) is 10.5. The lowest BCUT2D eigenvalue weighted by Crippen LogP contribution is -2.06. The molecule has 1 N–H and O–H groups in total. The van der Waals surface area contributed by atoms with Crippen LogP contribution in [0.3, 0.4) is 0 Å². The fourth-order valence-electron chi connectivity index (χ4n) is 2.75. The molecule has 0 bridgehead atoms. The Morgan fingerprint density at radius 1 is 1.13 bits per heavy atom. The molecule has 0 saturated heterocycles. The highest BCUT2D eigenvalue weighted by atomic mass is 32.2. The molecule has 0 radical (unpaired) electrons. The Labute approximate surface area is 174 Å². The lowest BCUT2D eigenvalue weighted by Gasteiger charge is -2.09. The molecule has 2 aromatic carbocycles. The number of nitrogens with zero attached hydrogens (tertiary/aromatic N) is 5. The SMILES string of the molecule is CCn1c(Sc2ccc([N+](=O)[O-])cc2[N+](=O)[O-])nnc1-c1cccc(NC(C)=O)c1. The van der Waals surface area contributed by atoms with Gasteiger partial charge in [0.15, 0.2) is 11.0 Å². The predicted molar refractivity (Wildman–Crippen MR) is 109 cm³/mol. The van der Waals surface area contributed by atoms with Gasteiger partial charge in [0, 0.05) is 30.8 Å². The van der Waals surface area contributed by atoms with Gasteiger partial charge in [0.1, 0.15) is 0 Å². The first-order chi connectivity index (χ1) is 14.3. The summed E-state index contributed by atoms with van der Waals surface area (Å²) in [6.45, 7) is 3.77. The molecule has 3 aromatic rings. The second kappa shape index (κ2) is 8.69. The molecule has 11 nitrogen and oxygen atoms in total. The predicted octanol–water partition coefficient (Wildman–Crippen LogP) is 3.89. The van der Waals surface area contributed by atoms with E-state index >= 15 is 0 Å². The largest absolute Gasteiger partial charge is 0.326 e. The van der Waals surface area contributed by atoms with Gasteiger partial charge in [-0.1, -0.05) is 12.1 Å². The lowest BCUT2D eigenvalue weighted by atomic mass is 10.2. The fourth-order valence-corrected chi connectivity index (χ4v) is 3.73. The van der Waals surface area contributed by atoms with E-state index in [1.165, 1.54) is 19.1 Å². The Bertz CT molecular complexity index is 1150. The zero-order valence-corrected chi connectivity index (χ0v) is 16.8. The highest BCUT2D eigenvalue weighted by molar-refractivity contribution is 7.99. The average Bonchev–Trinajstić information content (AvgIpc) is 3.10. The van der Waals surface area contributed by atoms with E-state index in [0.717, 1.165) is 17.8 Å². The van der Waals surface area contributed by atoms with Crippen molar-refractivity contribution in [2.75, 3.05) is 5.32 Å². The Morgan fingerprint density at radius 2 is 1.90 bits per heavy atom. The van der Waals surface area contributed by atoms with Crippen molar-refractivity contribution in [3.8, 4) is 11.4 Å². The molecule has 0 spiro atoms. The third-order valence-corrected chi connectivity index (χ3v) is 5.08. The zero-order valence-electron chi connectivity index (χ0n) is 15.9. The maximum absolute atomic E-state index is 11.4. The normalized spacial score (nSPS) is 10.6. The molecule has 0 aliphatic heterocycles. The van der Waals surface area contributed by atoms with Crippen LogP contribution in [0, 0.1) is 20.2 Å². The Balaban J connectivity index is 1.99. The number of aromatic nitrogens is 3. The summed E-state index contributed by atoms with van der Waals surface area (Å²) >= 11 is 1.000. The lowest BCUT2D eigenvalue weighted by molar-refractivity contribution is -0.396. The molecule has 0 fully saturated rings. The van der Waals surface area contributed by atoms with E-state index < -0.39 is 9.85 Å². The molecule has 1 aromatic heterocycles. The molecule has 0 aliphatic rings. The van der Waals surface area contributed by atoms with Crippen LogP contribution in [0.25, 0.3) is 11.4 Å². The van der Waals surface area contributed by atoms with E-state index in [0.29, 0.717) is 28.8 Å². The number of nitro groups is 2. The van der Waals surface area contributed by atoms with Gasteiger partial charge in [0.25, 0.3) is 11.4 Å². The fraction of sp³-hybridized carbons (Fsp3) is 0.167. The number of non-ortho nitro benzene ring substituents is 1. The van der Waals surface area contributed by atoms with Gasteiger partial charge in [-0.2, -0.15) is 0 Å². The minimum absolute atomic E-state index is 0.203. The molecule has 0 saturated carbocycles. The number of carbonyl (C=O) groups is 1. The average molecular weight is 428 g/mol. The Morgan fingerprint density at radius 3 is 2.53 bits per heavy atom. The minimum atomic E-state index is -0.684. The number of nitro benzene ring substituents is 2. The maximum Gasteiger partial charge on any atom is 0.290 e. The minimum Gasteiger partial charge on any atom is -0.326 e. The smallest absolute Gasteiger partial charge is 0.290 e. The Kier molecular flexibility index (Phi) is 6.06. The van der Waals surface area contributed by atoms with Gasteiger partial charge in [-0.15, -0.1) is 10.2 Å². The third kappa shape index (κ3) is 4.43. The van der Waals surface area contributed by atoms with Crippen molar-refractivity contribution in [3.63, 3.8) is 0 Å². The molecular formula is C18H16N6O5S. The van der Waals surface area contributed by atoms with Gasteiger partial charge in [0.2, 0.25) is 5.91 Å². The van der Waals surface area contributed by atoms with Crippen LogP contribution in [0.2, 0.25) is 0 Å². The molecule has 0 unspecified atom stereocenters. The van der Waals surface area contributed by atoms with Crippen molar-refractivity contribution in [1.82, 2.24) is 14.8 Å². The number of nitrogens with one attached hydrogen (secondary N) is 1. The van der Waals surface area contributed by atoms with Crippen molar-refractivity contribution >= 4 is 34.7 Å². The first kappa shape index (κ1) is 20.9. The van der Waals surface area contributed by atoms with Crippen molar-refractivity contribution in [1.29, 1.82) is 0 Å². The van der Waals surface area contributed by atoms with Crippen molar-refractivity contribution < 1.29 is 14.6 Å². The second-order valence-corrected chi connectivity index (χ2v) is 7.09. The number of carbonyl (C=O) groups excluding carboxylic acids is 1. The molecule has 12 heteroatoms. The summed E-state index contributed by atoms with van der Waals surface area (Å²) in [6.07, 6.45) is 0. The number of hydrogen-bond acceptors (Lipinski definition) is 8. The quantitative estimate of drug-likeness (QED) is 0.440. The van der Waals surface area contributed by atoms with Crippen LogP contribution >= 0.6 is 11.8 Å². The Hall–Kier alpha value is -3.80. The van der Waals surface area contributed by atoms with E-state index in [9.17, 15) is 25.0 Å². The number of hydrogen-bond donors (Lipinski definition) is 1. The summed E-state index contributed by atoms with van der Waals surface area (Å²) in [4.78, 5) is 32.5. The van der Waals surface area contributed by atoms with Crippen LogP contribution in [0.5, 0.6) is 0 Å². The second-order valence-electron chi connectivity index (χ2n) is 6.08. The van der Waals surface area contributed by atoms with Crippen molar-refractivity contribution in [3.05, 3.63) is 62.7 Å². The van der Waals surface area contributed by atoms with Gasteiger partial charge < -0.3 is 9.88 Å². The summed E-state index contributed by atoms with van der Waals surface area (Å²) in [5.74, 6) is 0.322. The van der Waals surface area contributed by atoms with Crippen LogP contribution in [0.1, 0.15) is 13.8 Å². The van der Waals surface area contributed by atoms with E-state index in [-0.39, 0.29) is 22.2 Å². The zero-order chi connectivity index (χ0) is 21.8. The van der Waals surface area contributed by atoms with Crippen LogP contribution in [0.4, 0.5) is 17.1 Å². The van der Waals surface area contributed by atoms with E-state index in [1.54, 1.807) is 22.8 Å². The van der Waals surface area contributed by atoms with Crippen molar-refractivity contribution in [2.45, 2.75) is 30.4 Å². The third-order valence-electron chi connectivity index (χ3n) is 4.03. The van der Waals surface area contributed by atoms with Crippen LogP contribution in [-0.2, 0) is 11.3 Å². The number of amides is 1. The molecule has 3 rings (SSSR count). The maximum atomic E-state index is 11.4. The van der Waals surface area contributed by atoms with E-state index in [4.69, 9.17) is 0 Å². The van der Waals surface area contributed by atoms with Crippen molar-refractivity contribution in [2.24, 2.45) is 0 Å². The summed E-state index contributed by atoms with van der Waals surface area (Å²) in [5, 5.41) is 33.7.